The highest BCUT2D eigenvalue weighted by atomic mass is 19.4. The number of rotatable bonds is 5. The fourth-order valence-electron chi connectivity index (χ4n) is 3.33. The Bertz CT molecular complexity index is 672. The Morgan fingerprint density at radius 3 is 2.77 bits per heavy atom. The van der Waals surface area contributed by atoms with Crippen LogP contribution in [0.5, 0.6) is 0 Å². The predicted octanol–water partition coefficient (Wildman–Crippen LogP) is 2.66. The molecule has 0 unspecified atom stereocenters. The van der Waals surface area contributed by atoms with Gasteiger partial charge in [-0.25, -0.2) is 0 Å². The number of nitrogens with zero attached hydrogens (tertiary/aromatic N) is 1. The molecule has 0 bridgehead atoms. The molecule has 2 fully saturated rings. The van der Waals surface area contributed by atoms with Crippen LogP contribution < -0.4 is 5.32 Å². The highest BCUT2D eigenvalue weighted by molar-refractivity contribution is 5.82. The molecule has 5 nitrogen and oxygen atoms in total. The minimum absolute atomic E-state index is 0.0478. The summed E-state index contributed by atoms with van der Waals surface area (Å²) in [6, 6.07) is 4.16. The zero-order valence-electron chi connectivity index (χ0n) is 14.2. The van der Waals surface area contributed by atoms with Gasteiger partial charge in [0.15, 0.2) is 0 Å². The number of alkyl halides is 3. The van der Waals surface area contributed by atoms with E-state index in [1.807, 2.05) is 0 Å². The molecule has 0 aliphatic carbocycles. The quantitative estimate of drug-likeness (QED) is 0.867. The van der Waals surface area contributed by atoms with Crippen molar-refractivity contribution in [3.05, 3.63) is 35.4 Å². The second-order valence-electron chi connectivity index (χ2n) is 6.63. The van der Waals surface area contributed by atoms with Gasteiger partial charge in [-0.3, -0.25) is 9.59 Å². The maximum atomic E-state index is 13.0. The Balaban J connectivity index is 1.81. The van der Waals surface area contributed by atoms with Crippen LogP contribution in [0, 0.1) is 0 Å². The molecule has 1 N–H and O–H groups in total. The first-order chi connectivity index (χ1) is 12.3. The predicted molar refractivity (Wildman–Crippen MR) is 87.1 cm³/mol. The zero-order chi connectivity index (χ0) is 18.7. The normalized spacial score (nSPS) is 21.9. The lowest BCUT2D eigenvalue weighted by Gasteiger charge is -2.26. The summed E-state index contributed by atoms with van der Waals surface area (Å²) in [5, 5.41) is 2.78. The fraction of sp³-hybridized carbons (Fsp3) is 0.556. The number of carbonyl (C=O) groups is 2. The molecule has 2 atom stereocenters. The molecule has 0 spiro atoms. The van der Waals surface area contributed by atoms with Crippen LogP contribution in [0.2, 0.25) is 0 Å². The van der Waals surface area contributed by atoms with Crippen molar-refractivity contribution in [1.82, 2.24) is 10.2 Å². The number of hydrogen-bond acceptors (Lipinski definition) is 3. The molecule has 0 radical (unpaired) electrons. The highest BCUT2D eigenvalue weighted by Crippen LogP contribution is 2.31. The van der Waals surface area contributed by atoms with E-state index in [-0.39, 0.29) is 18.4 Å². The molecule has 0 aromatic heterocycles. The van der Waals surface area contributed by atoms with Gasteiger partial charge in [-0.1, -0.05) is 12.1 Å². The Morgan fingerprint density at radius 1 is 1.35 bits per heavy atom. The van der Waals surface area contributed by atoms with Crippen LogP contribution in [0.4, 0.5) is 13.2 Å². The average molecular weight is 370 g/mol. The second-order valence-corrected chi connectivity index (χ2v) is 6.63. The van der Waals surface area contributed by atoms with Crippen LogP contribution in [-0.4, -0.2) is 42.5 Å². The maximum absolute atomic E-state index is 13.0. The average Bonchev–Trinajstić information content (AvgIpc) is 3.26. The van der Waals surface area contributed by atoms with Gasteiger partial charge in [0.1, 0.15) is 6.10 Å². The zero-order valence-corrected chi connectivity index (χ0v) is 14.2. The van der Waals surface area contributed by atoms with Crippen LogP contribution in [0.25, 0.3) is 0 Å². The van der Waals surface area contributed by atoms with Gasteiger partial charge in [-0.15, -0.1) is 0 Å². The van der Waals surface area contributed by atoms with Crippen LogP contribution >= 0.6 is 0 Å². The van der Waals surface area contributed by atoms with E-state index in [4.69, 9.17) is 4.74 Å². The van der Waals surface area contributed by atoms with Crippen molar-refractivity contribution >= 4 is 11.8 Å². The summed E-state index contributed by atoms with van der Waals surface area (Å²) >= 11 is 0. The minimum Gasteiger partial charge on any atom is -0.368 e. The molecule has 2 amide bonds. The monoisotopic (exact) mass is 370 g/mol. The van der Waals surface area contributed by atoms with E-state index < -0.39 is 23.9 Å². The number of carbonyl (C=O) groups excluding carboxylic acids is 2. The Morgan fingerprint density at radius 2 is 2.15 bits per heavy atom. The van der Waals surface area contributed by atoms with Crippen molar-refractivity contribution in [2.45, 2.75) is 44.0 Å². The summed E-state index contributed by atoms with van der Waals surface area (Å²) in [6.07, 6.45) is -2.55. The summed E-state index contributed by atoms with van der Waals surface area (Å²) in [6.45, 7) is 1.19. The largest absolute Gasteiger partial charge is 0.416 e. The van der Waals surface area contributed by atoms with E-state index in [1.165, 1.54) is 12.1 Å². The van der Waals surface area contributed by atoms with Crippen molar-refractivity contribution in [3.63, 3.8) is 0 Å². The highest BCUT2D eigenvalue weighted by Gasteiger charge is 2.33. The first-order valence-corrected chi connectivity index (χ1v) is 8.71. The topological polar surface area (TPSA) is 58.6 Å². The lowest BCUT2D eigenvalue weighted by Crippen LogP contribution is -2.42. The summed E-state index contributed by atoms with van der Waals surface area (Å²) in [5.41, 5.74) is -0.454. The number of benzene rings is 1. The standard InChI is InChI=1S/C18H21F3N2O3/c19-18(20,21)13-5-1-4-12(10-13)14(11-23-8-2-7-16(23)24)22-17(25)15-6-3-9-26-15/h1,4-5,10,14-15H,2-3,6-9,11H2,(H,22,25)/t14-,15-/m1/s1. The Labute approximate surface area is 149 Å². The van der Waals surface area contributed by atoms with E-state index in [9.17, 15) is 22.8 Å². The Hall–Kier alpha value is -2.09. The molecular formula is C18H21F3N2O3. The molecule has 2 heterocycles. The van der Waals surface area contributed by atoms with Crippen LogP contribution in [-0.2, 0) is 20.5 Å². The van der Waals surface area contributed by atoms with E-state index in [0.29, 0.717) is 38.0 Å². The molecule has 1 aromatic rings. The Kier molecular flexibility index (Phi) is 5.50. The van der Waals surface area contributed by atoms with E-state index in [1.54, 1.807) is 4.90 Å². The van der Waals surface area contributed by atoms with Gasteiger partial charge >= 0.3 is 6.18 Å². The third kappa shape index (κ3) is 4.35. The molecule has 26 heavy (non-hydrogen) atoms. The third-order valence-electron chi connectivity index (χ3n) is 4.73. The van der Waals surface area contributed by atoms with Gasteiger partial charge in [0.2, 0.25) is 11.8 Å². The number of likely N-dealkylation sites (tertiary alicyclic amines) is 1. The molecule has 0 saturated carbocycles. The summed E-state index contributed by atoms with van der Waals surface area (Å²) in [7, 11) is 0. The second kappa shape index (κ2) is 7.65. The number of amides is 2. The number of hydrogen-bond donors (Lipinski definition) is 1. The van der Waals surface area contributed by atoms with Crippen LogP contribution in [0.15, 0.2) is 24.3 Å². The molecule has 142 valence electrons. The van der Waals surface area contributed by atoms with Crippen molar-refractivity contribution < 1.29 is 27.5 Å². The van der Waals surface area contributed by atoms with Crippen molar-refractivity contribution in [3.8, 4) is 0 Å². The third-order valence-corrected chi connectivity index (χ3v) is 4.73. The molecule has 2 saturated heterocycles. The van der Waals surface area contributed by atoms with Crippen LogP contribution in [0.3, 0.4) is 0 Å². The van der Waals surface area contributed by atoms with Gasteiger partial charge in [0, 0.05) is 26.1 Å². The molecule has 2 aliphatic heterocycles. The number of nitrogens with one attached hydrogen (secondary N) is 1. The molecule has 3 rings (SSSR count). The summed E-state index contributed by atoms with van der Waals surface area (Å²) < 4.78 is 44.5. The smallest absolute Gasteiger partial charge is 0.368 e. The van der Waals surface area contributed by atoms with Crippen molar-refractivity contribution in [1.29, 1.82) is 0 Å². The summed E-state index contributed by atoms with van der Waals surface area (Å²) in [5.74, 6) is -0.398. The SMILES string of the molecule is O=C(N[C@H](CN1CCCC1=O)c1cccc(C(F)(F)F)c1)[C@H]1CCCO1. The van der Waals surface area contributed by atoms with E-state index >= 15 is 0 Å². The van der Waals surface area contributed by atoms with Gasteiger partial charge in [-0.2, -0.15) is 13.2 Å². The molecule has 8 heteroatoms. The van der Waals surface area contributed by atoms with Crippen LogP contribution in [0.1, 0.15) is 42.9 Å². The van der Waals surface area contributed by atoms with E-state index in [2.05, 4.69) is 5.32 Å². The van der Waals surface area contributed by atoms with Gasteiger partial charge < -0.3 is 15.0 Å². The maximum Gasteiger partial charge on any atom is 0.416 e. The van der Waals surface area contributed by atoms with E-state index in [0.717, 1.165) is 18.6 Å². The minimum atomic E-state index is -4.47. The fourth-order valence-corrected chi connectivity index (χ4v) is 3.33. The van der Waals surface area contributed by atoms with Gasteiger partial charge in [0.25, 0.3) is 0 Å². The molecule has 1 aromatic carbocycles. The van der Waals surface area contributed by atoms with Crippen molar-refractivity contribution in [2.24, 2.45) is 0 Å². The van der Waals surface area contributed by atoms with Gasteiger partial charge in [0.05, 0.1) is 11.6 Å². The van der Waals surface area contributed by atoms with Gasteiger partial charge in [-0.05, 0) is 37.0 Å². The first-order valence-electron chi connectivity index (χ1n) is 8.71. The summed E-state index contributed by atoms with van der Waals surface area (Å²) in [4.78, 5) is 25.9. The molecular weight excluding hydrogens is 349 g/mol. The molecule has 2 aliphatic rings. The lowest BCUT2D eigenvalue weighted by atomic mass is 10.0. The first kappa shape index (κ1) is 18.7. The van der Waals surface area contributed by atoms with Crippen molar-refractivity contribution in [2.75, 3.05) is 19.7 Å². The lowest BCUT2D eigenvalue weighted by molar-refractivity contribution is -0.137. The number of ether oxygens (including phenoxy) is 1. The number of halogens is 3.